The fourth-order valence-corrected chi connectivity index (χ4v) is 3.88. The summed E-state index contributed by atoms with van der Waals surface area (Å²) < 4.78 is 0. The van der Waals surface area contributed by atoms with Crippen molar-refractivity contribution in [3.05, 3.63) is 29.8 Å². The van der Waals surface area contributed by atoms with Crippen LogP contribution in [0.3, 0.4) is 0 Å². The van der Waals surface area contributed by atoms with Crippen molar-refractivity contribution >= 4 is 5.69 Å². The second kappa shape index (κ2) is 6.17. The number of anilines is 1. The first kappa shape index (κ1) is 15.4. The summed E-state index contributed by atoms with van der Waals surface area (Å²) in [4.78, 5) is 0. The van der Waals surface area contributed by atoms with Crippen LogP contribution in [-0.4, -0.2) is 17.3 Å². The second-order valence-corrected chi connectivity index (χ2v) is 7.04. The first-order valence-electron chi connectivity index (χ1n) is 7.92. The molecule has 3 unspecified atom stereocenters. The molecule has 0 spiro atoms. The highest BCUT2D eigenvalue weighted by Crippen LogP contribution is 2.42. The topological polar surface area (TPSA) is 32.3 Å². The highest BCUT2D eigenvalue weighted by molar-refractivity contribution is 5.47. The Kier molecular flexibility index (Phi) is 4.74. The van der Waals surface area contributed by atoms with Gasteiger partial charge < -0.3 is 10.4 Å². The number of benzene rings is 1. The van der Waals surface area contributed by atoms with Crippen LogP contribution in [0.4, 0.5) is 5.69 Å². The third-order valence-corrected chi connectivity index (χ3v) is 4.92. The summed E-state index contributed by atoms with van der Waals surface area (Å²) in [6.45, 7) is 9.18. The molecule has 1 aliphatic rings. The third-order valence-electron chi connectivity index (χ3n) is 4.92. The molecule has 1 aliphatic carbocycles. The molecule has 0 amide bonds. The molecular formula is C18H29NO. The van der Waals surface area contributed by atoms with Crippen LogP contribution in [0.25, 0.3) is 0 Å². The van der Waals surface area contributed by atoms with Gasteiger partial charge >= 0.3 is 0 Å². The summed E-state index contributed by atoms with van der Waals surface area (Å²) >= 11 is 0. The van der Waals surface area contributed by atoms with Gasteiger partial charge in [-0.25, -0.2) is 0 Å². The highest BCUT2D eigenvalue weighted by atomic mass is 16.3. The van der Waals surface area contributed by atoms with Crippen LogP contribution in [0.1, 0.15) is 45.6 Å². The highest BCUT2D eigenvalue weighted by Gasteiger charge is 2.43. The molecule has 20 heavy (non-hydrogen) atoms. The van der Waals surface area contributed by atoms with Crippen molar-refractivity contribution < 1.29 is 5.11 Å². The van der Waals surface area contributed by atoms with Gasteiger partial charge in [0.15, 0.2) is 0 Å². The Morgan fingerprint density at radius 3 is 2.45 bits per heavy atom. The van der Waals surface area contributed by atoms with Gasteiger partial charge in [0.1, 0.15) is 0 Å². The smallest absolute Gasteiger partial charge is 0.0664 e. The fourth-order valence-electron chi connectivity index (χ4n) is 3.88. The van der Waals surface area contributed by atoms with E-state index in [1.54, 1.807) is 0 Å². The Balaban J connectivity index is 2.26. The van der Waals surface area contributed by atoms with Crippen molar-refractivity contribution in [1.29, 1.82) is 0 Å². The Bertz CT molecular complexity index is 426. The molecule has 2 N–H and O–H groups in total. The van der Waals surface area contributed by atoms with Crippen molar-refractivity contribution in [3.8, 4) is 0 Å². The molecule has 1 saturated carbocycles. The minimum Gasteiger partial charge on any atom is -0.394 e. The lowest BCUT2D eigenvalue weighted by Crippen LogP contribution is -2.54. The summed E-state index contributed by atoms with van der Waals surface area (Å²) in [5.41, 5.74) is 2.23. The van der Waals surface area contributed by atoms with Crippen LogP contribution in [0, 0.1) is 24.7 Å². The quantitative estimate of drug-likeness (QED) is 0.862. The molecule has 2 nitrogen and oxygen atoms in total. The maximum absolute atomic E-state index is 10.1. The van der Waals surface area contributed by atoms with Gasteiger partial charge in [-0.3, -0.25) is 0 Å². The first-order chi connectivity index (χ1) is 9.47. The summed E-state index contributed by atoms with van der Waals surface area (Å²) in [6.07, 6.45) is 3.54. The fraction of sp³-hybridized carbons (Fsp3) is 0.667. The molecular weight excluding hydrogens is 246 g/mol. The normalized spacial score (nSPS) is 30.5. The van der Waals surface area contributed by atoms with Crippen LogP contribution in [0.5, 0.6) is 0 Å². The van der Waals surface area contributed by atoms with Crippen molar-refractivity contribution in [2.24, 2.45) is 17.8 Å². The molecule has 0 aliphatic heterocycles. The molecule has 0 heterocycles. The van der Waals surface area contributed by atoms with Gasteiger partial charge in [0.2, 0.25) is 0 Å². The van der Waals surface area contributed by atoms with Crippen LogP contribution in [-0.2, 0) is 0 Å². The molecule has 3 atom stereocenters. The van der Waals surface area contributed by atoms with Crippen LogP contribution >= 0.6 is 0 Å². The zero-order valence-electron chi connectivity index (χ0n) is 13.3. The largest absolute Gasteiger partial charge is 0.394 e. The zero-order valence-corrected chi connectivity index (χ0v) is 13.3. The van der Waals surface area contributed by atoms with Crippen molar-refractivity contribution in [2.75, 3.05) is 11.9 Å². The van der Waals surface area contributed by atoms with E-state index in [4.69, 9.17) is 0 Å². The predicted octanol–water partition coefficient (Wildman–Crippen LogP) is 4.23. The number of nitrogens with one attached hydrogen (secondary N) is 1. The van der Waals surface area contributed by atoms with E-state index in [1.165, 1.54) is 18.4 Å². The lowest BCUT2D eigenvalue weighted by Gasteiger charge is -2.48. The molecule has 112 valence electrons. The minimum atomic E-state index is -0.166. The summed E-state index contributed by atoms with van der Waals surface area (Å²) in [6, 6.07) is 8.51. The number of aliphatic hydroxyl groups excluding tert-OH is 1. The molecule has 0 saturated heterocycles. The number of hydrogen-bond acceptors (Lipinski definition) is 2. The zero-order chi connectivity index (χ0) is 14.8. The van der Waals surface area contributed by atoms with E-state index in [2.05, 4.69) is 57.3 Å². The standard InChI is InChI=1S/C18H29NO/c1-13(2)17-10-7-15(4)11-18(17,12-20)19-16-8-5-14(3)6-9-16/h5-6,8-9,13,15,17,19-20H,7,10-12H2,1-4H3. The number of rotatable bonds is 4. The minimum absolute atomic E-state index is 0.166. The van der Waals surface area contributed by atoms with Crippen LogP contribution in [0.15, 0.2) is 24.3 Å². The van der Waals surface area contributed by atoms with Gasteiger partial charge in [-0.1, -0.05) is 44.9 Å². The molecule has 1 aromatic carbocycles. The van der Waals surface area contributed by atoms with Gasteiger partial charge in [0, 0.05) is 5.69 Å². The van der Waals surface area contributed by atoms with E-state index >= 15 is 0 Å². The molecule has 0 bridgehead atoms. The third kappa shape index (κ3) is 3.17. The molecule has 1 aromatic rings. The second-order valence-electron chi connectivity index (χ2n) is 7.04. The average Bonchev–Trinajstić information content (AvgIpc) is 2.41. The Morgan fingerprint density at radius 2 is 1.90 bits per heavy atom. The molecule has 1 fully saturated rings. The van der Waals surface area contributed by atoms with Gasteiger partial charge in [0.05, 0.1) is 12.1 Å². The van der Waals surface area contributed by atoms with Crippen LogP contribution in [0.2, 0.25) is 0 Å². The first-order valence-corrected chi connectivity index (χ1v) is 7.92. The maximum Gasteiger partial charge on any atom is 0.0664 e. The Labute approximate surface area is 123 Å². The summed E-state index contributed by atoms with van der Waals surface area (Å²) in [5, 5.41) is 13.8. The number of aryl methyl sites for hydroxylation is 1. The number of hydrogen-bond donors (Lipinski definition) is 2. The number of aliphatic hydroxyl groups is 1. The van der Waals surface area contributed by atoms with Crippen LogP contribution < -0.4 is 5.32 Å². The molecule has 0 aromatic heterocycles. The van der Waals surface area contributed by atoms with E-state index < -0.39 is 0 Å². The van der Waals surface area contributed by atoms with Gasteiger partial charge in [-0.15, -0.1) is 0 Å². The molecule has 0 radical (unpaired) electrons. The molecule has 2 heteroatoms. The Morgan fingerprint density at radius 1 is 1.25 bits per heavy atom. The van der Waals surface area contributed by atoms with Crippen molar-refractivity contribution in [1.82, 2.24) is 0 Å². The van der Waals surface area contributed by atoms with E-state index in [1.807, 2.05) is 0 Å². The average molecular weight is 275 g/mol. The van der Waals surface area contributed by atoms with Gasteiger partial charge in [0.25, 0.3) is 0 Å². The van der Waals surface area contributed by atoms with Crippen molar-refractivity contribution in [2.45, 2.75) is 52.5 Å². The van der Waals surface area contributed by atoms with E-state index in [9.17, 15) is 5.11 Å². The van der Waals surface area contributed by atoms with Crippen molar-refractivity contribution in [3.63, 3.8) is 0 Å². The van der Waals surface area contributed by atoms with E-state index in [0.29, 0.717) is 17.8 Å². The maximum atomic E-state index is 10.1. The lowest BCUT2D eigenvalue weighted by atomic mass is 9.65. The van der Waals surface area contributed by atoms with Gasteiger partial charge in [-0.05, 0) is 49.7 Å². The lowest BCUT2D eigenvalue weighted by molar-refractivity contribution is 0.0685. The monoisotopic (exact) mass is 275 g/mol. The predicted molar refractivity (Wildman–Crippen MR) is 86.0 cm³/mol. The summed E-state index contributed by atoms with van der Waals surface area (Å²) in [7, 11) is 0. The SMILES string of the molecule is Cc1ccc(NC2(CO)CC(C)CCC2C(C)C)cc1. The van der Waals surface area contributed by atoms with E-state index in [-0.39, 0.29) is 12.1 Å². The van der Waals surface area contributed by atoms with Gasteiger partial charge in [-0.2, -0.15) is 0 Å². The molecule has 2 rings (SSSR count). The summed E-state index contributed by atoms with van der Waals surface area (Å²) in [5.74, 6) is 1.80. The van der Waals surface area contributed by atoms with E-state index in [0.717, 1.165) is 12.1 Å². The Hall–Kier alpha value is -1.02.